The fraction of sp³-hybridized carbons (Fsp3) is 0.200. The number of carbonyl (C=O) groups excluding carboxylic acids is 2. The largest absolute Gasteiger partial charge is 0.482 e. The highest BCUT2D eigenvalue weighted by molar-refractivity contribution is 6.30. The van der Waals surface area contributed by atoms with E-state index in [9.17, 15) is 9.59 Å². The molecule has 0 radical (unpaired) electrons. The summed E-state index contributed by atoms with van der Waals surface area (Å²) < 4.78 is 15.7. The van der Waals surface area contributed by atoms with E-state index in [0.717, 1.165) is 5.56 Å². The first-order valence-corrected chi connectivity index (χ1v) is 9.24. The van der Waals surface area contributed by atoms with Gasteiger partial charge in [-0.1, -0.05) is 28.9 Å². The number of carbonyl (C=O) groups is 2. The summed E-state index contributed by atoms with van der Waals surface area (Å²) in [6, 6.07) is 14.1. The van der Waals surface area contributed by atoms with E-state index >= 15 is 0 Å². The van der Waals surface area contributed by atoms with E-state index in [2.05, 4.69) is 10.1 Å². The van der Waals surface area contributed by atoms with Crippen molar-refractivity contribution in [2.24, 2.45) is 0 Å². The zero-order valence-corrected chi connectivity index (χ0v) is 16.0. The fourth-order valence-corrected chi connectivity index (χ4v) is 2.97. The second-order valence-electron chi connectivity index (χ2n) is 6.23. The number of benzene rings is 2. The molecule has 0 N–H and O–H groups in total. The molecule has 1 aliphatic rings. The van der Waals surface area contributed by atoms with Gasteiger partial charge in [0.05, 0.1) is 12.1 Å². The number of halogens is 1. The van der Waals surface area contributed by atoms with E-state index < -0.39 is 5.97 Å². The first-order valence-electron chi connectivity index (χ1n) is 8.86. The van der Waals surface area contributed by atoms with Crippen molar-refractivity contribution in [1.29, 1.82) is 0 Å². The Morgan fingerprint density at radius 2 is 1.97 bits per heavy atom. The van der Waals surface area contributed by atoms with Crippen molar-refractivity contribution in [2.75, 3.05) is 18.1 Å². The summed E-state index contributed by atoms with van der Waals surface area (Å²) in [6.45, 7) is -0.00745. The Kier molecular flexibility index (Phi) is 5.44. The fourth-order valence-electron chi connectivity index (χ4n) is 2.85. The van der Waals surface area contributed by atoms with Gasteiger partial charge in [0, 0.05) is 17.1 Å². The highest BCUT2D eigenvalue weighted by Gasteiger charge is 2.25. The minimum Gasteiger partial charge on any atom is -0.482 e. The zero-order chi connectivity index (χ0) is 20.2. The lowest BCUT2D eigenvalue weighted by Crippen LogP contribution is -2.40. The van der Waals surface area contributed by atoms with E-state index in [4.69, 9.17) is 25.6 Å². The molecule has 4 rings (SSSR count). The topological polar surface area (TPSA) is 94.8 Å². The highest BCUT2D eigenvalue weighted by atomic mass is 35.5. The molecule has 0 saturated carbocycles. The minimum absolute atomic E-state index is 0.0260. The van der Waals surface area contributed by atoms with Crippen molar-refractivity contribution < 1.29 is 23.6 Å². The molecule has 1 aliphatic heterocycles. The van der Waals surface area contributed by atoms with Gasteiger partial charge in [-0.25, -0.2) is 0 Å². The molecule has 2 aromatic carbocycles. The summed E-state index contributed by atoms with van der Waals surface area (Å²) in [7, 11) is 0. The van der Waals surface area contributed by atoms with Gasteiger partial charge in [-0.15, -0.1) is 0 Å². The highest BCUT2D eigenvalue weighted by Crippen LogP contribution is 2.31. The number of rotatable bonds is 6. The number of esters is 1. The Labute approximate surface area is 171 Å². The van der Waals surface area contributed by atoms with Crippen LogP contribution in [-0.4, -0.2) is 35.2 Å². The van der Waals surface area contributed by atoms with Gasteiger partial charge < -0.3 is 18.9 Å². The van der Waals surface area contributed by atoms with Crippen LogP contribution in [0.3, 0.4) is 0 Å². The van der Waals surface area contributed by atoms with E-state index in [0.29, 0.717) is 22.3 Å². The number of nitrogens with zero attached hydrogens (tertiary/aromatic N) is 3. The van der Waals surface area contributed by atoms with Crippen LogP contribution in [0.1, 0.15) is 12.3 Å². The minimum atomic E-state index is -0.479. The Hall–Kier alpha value is -3.39. The zero-order valence-electron chi connectivity index (χ0n) is 15.2. The molecule has 0 bridgehead atoms. The second kappa shape index (κ2) is 8.32. The van der Waals surface area contributed by atoms with Crippen molar-refractivity contribution in [3.05, 3.63) is 59.4 Å². The lowest BCUT2D eigenvalue weighted by atomic mass is 10.2. The number of fused-ring (bicyclic) bond motifs is 1. The van der Waals surface area contributed by atoms with Gasteiger partial charge in [-0.05, 0) is 36.4 Å². The van der Waals surface area contributed by atoms with Gasteiger partial charge in [-0.2, -0.15) is 4.98 Å². The molecule has 0 aliphatic carbocycles. The molecule has 1 amide bonds. The van der Waals surface area contributed by atoms with E-state index in [1.54, 1.807) is 42.5 Å². The third-order valence-corrected chi connectivity index (χ3v) is 4.53. The van der Waals surface area contributed by atoms with Crippen LogP contribution in [0.4, 0.5) is 5.69 Å². The van der Waals surface area contributed by atoms with Gasteiger partial charge >= 0.3 is 5.97 Å². The third kappa shape index (κ3) is 4.38. The van der Waals surface area contributed by atoms with Gasteiger partial charge in [0.15, 0.2) is 13.2 Å². The van der Waals surface area contributed by atoms with Crippen molar-refractivity contribution in [2.45, 2.75) is 13.0 Å². The Balaban J connectivity index is 1.31. The first kappa shape index (κ1) is 18.9. The summed E-state index contributed by atoms with van der Waals surface area (Å²) in [5.74, 6) is 0.481. The summed E-state index contributed by atoms with van der Waals surface area (Å²) in [4.78, 5) is 29.9. The van der Waals surface area contributed by atoms with Crippen LogP contribution in [0.25, 0.3) is 11.4 Å². The Morgan fingerprint density at radius 3 is 2.79 bits per heavy atom. The van der Waals surface area contributed by atoms with Crippen LogP contribution in [0.15, 0.2) is 53.1 Å². The molecule has 0 unspecified atom stereocenters. The molecule has 148 valence electrons. The molecule has 1 aromatic heterocycles. The number of anilines is 1. The smallest absolute Gasteiger partial charge is 0.308 e. The molecule has 2 heterocycles. The van der Waals surface area contributed by atoms with Crippen LogP contribution in [0.5, 0.6) is 5.75 Å². The van der Waals surface area contributed by atoms with Crippen molar-refractivity contribution in [3.8, 4) is 17.1 Å². The molecule has 0 saturated heterocycles. The lowest BCUT2D eigenvalue weighted by Gasteiger charge is -2.28. The Bertz CT molecular complexity index is 1030. The number of para-hydroxylation sites is 2. The number of ether oxygens (including phenoxy) is 2. The van der Waals surface area contributed by atoms with Gasteiger partial charge in [0.2, 0.25) is 5.82 Å². The second-order valence-corrected chi connectivity index (χ2v) is 6.67. The molecule has 0 fully saturated rings. The van der Waals surface area contributed by atoms with Crippen LogP contribution in [0, 0.1) is 0 Å². The van der Waals surface area contributed by atoms with Gasteiger partial charge in [0.25, 0.3) is 11.8 Å². The third-order valence-electron chi connectivity index (χ3n) is 4.27. The van der Waals surface area contributed by atoms with Gasteiger partial charge in [0.1, 0.15) is 5.75 Å². The number of hydrogen-bond acceptors (Lipinski definition) is 7. The summed E-state index contributed by atoms with van der Waals surface area (Å²) in [5.41, 5.74) is 1.38. The number of aromatic nitrogens is 2. The molecule has 9 heteroatoms. The summed E-state index contributed by atoms with van der Waals surface area (Å²) >= 11 is 5.86. The van der Waals surface area contributed by atoms with Crippen LogP contribution in [0.2, 0.25) is 5.02 Å². The summed E-state index contributed by atoms with van der Waals surface area (Å²) in [6.07, 6.45) is 0.0260. The monoisotopic (exact) mass is 413 g/mol. The maximum atomic E-state index is 12.1. The average molecular weight is 414 g/mol. The molecule has 0 spiro atoms. The average Bonchev–Trinajstić information content (AvgIpc) is 3.21. The summed E-state index contributed by atoms with van der Waals surface area (Å²) in [5, 5.41) is 4.47. The van der Waals surface area contributed by atoms with Gasteiger partial charge in [-0.3, -0.25) is 9.59 Å². The van der Waals surface area contributed by atoms with E-state index in [1.165, 1.54) is 4.90 Å². The predicted molar refractivity (Wildman–Crippen MR) is 103 cm³/mol. The quantitative estimate of drug-likeness (QED) is 0.572. The van der Waals surface area contributed by atoms with Crippen LogP contribution in [-0.2, 0) is 20.9 Å². The lowest BCUT2D eigenvalue weighted by molar-refractivity contribution is -0.145. The van der Waals surface area contributed by atoms with Crippen LogP contribution < -0.4 is 9.64 Å². The SMILES string of the molecule is O=C(CCN1C(=O)COc2ccccc21)OCc1nc(-c2ccc(Cl)cc2)no1. The van der Waals surface area contributed by atoms with E-state index in [-0.39, 0.29) is 38.0 Å². The molecule has 0 atom stereocenters. The van der Waals surface area contributed by atoms with Crippen LogP contribution >= 0.6 is 11.6 Å². The number of hydrogen-bond donors (Lipinski definition) is 0. The Morgan fingerprint density at radius 1 is 1.17 bits per heavy atom. The van der Waals surface area contributed by atoms with Crippen molar-refractivity contribution >= 4 is 29.2 Å². The maximum Gasteiger partial charge on any atom is 0.308 e. The molecular formula is C20H16ClN3O5. The molecule has 3 aromatic rings. The van der Waals surface area contributed by atoms with Crippen molar-refractivity contribution in [1.82, 2.24) is 10.1 Å². The maximum absolute atomic E-state index is 12.1. The molecule has 8 nitrogen and oxygen atoms in total. The molecular weight excluding hydrogens is 398 g/mol. The predicted octanol–water partition coefficient (Wildman–Crippen LogP) is 3.25. The normalized spacial score (nSPS) is 13.0. The number of amides is 1. The van der Waals surface area contributed by atoms with Crippen molar-refractivity contribution in [3.63, 3.8) is 0 Å². The molecule has 29 heavy (non-hydrogen) atoms. The standard InChI is InChI=1S/C20H16ClN3O5/c21-14-7-5-13(6-8-14)20-22-17(29-23-20)11-28-19(26)9-10-24-15-3-1-2-4-16(15)27-12-18(24)25/h1-8H,9-12H2. The van der Waals surface area contributed by atoms with E-state index in [1.807, 2.05) is 6.07 Å². The first-order chi connectivity index (χ1) is 14.1.